The zero-order chi connectivity index (χ0) is 9.97. The summed E-state index contributed by atoms with van der Waals surface area (Å²) in [7, 11) is 0. The molecular weight excluding hydrogens is 206 g/mol. The van der Waals surface area contributed by atoms with Gasteiger partial charge in [-0.15, -0.1) is 21.8 Å². The van der Waals surface area contributed by atoms with Crippen LogP contribution in [0.2, 0.25) is 0 Å². The number of tetrazole rings is 1. The third-order valence-corrected chi connectivity index (χ3v) is 2.61. The molecule has 14 heavy (non-hydrogen) atoms. The maximum absolute atomic E-state index is 11.3. The zero-order valence-corrected chi connectivity index (χ0v) is 8.24. The van der Waals surface area contributed by atoms with Crippen LogP contribution < -0.4 is 0 Å². The second-order valence-corrected chi connectivity index (χ2v) is 3.50. The summed E-state index contributed by atoms with van der Waals surface area (Å²) in [5, 5.41) is 13.7. The largest absolute Gasteiger partial charge is 0.341 e. The maximum atomic E-state index is 11.3. The van der Waals surface area contributed by atoms with E-state index in [4.69, 9.17) is 11.6 Å². The summed E-state index contributed by atoms with van der Waals surface area (Å²) < 4.78 is 0. The van der Waals surface area contributed by atoms with E-state index in [1.807, 2.05) is 0 Å². The molecule has 1 N–H and O–H groups in total. The van der Waals surface area contributed by atoms with E-state index in [0.717, 1.165) is 13.0 Å². The molecule has 76 valence electrons. The van der Waals surface area contributed by atoms with Crippen molar-refractivity contribution in [3.05, 3.63) is 5.82 Å². The van der Waals surface area contributed by atoms with Gasteiger partial charge in [0.2, 0.25) is 5.91 Å². The number of nitrogens with zero attached hydrogens (tertiary/aromatic N) is 4. The number of likely N-dealkylation sites (tertiary alicyclic amines) is 1. The summed E-state index contributed by atoms with van der Waals surface area (Å²) in [4.78, 5) is 13.0. The van der Waals surface area contributed by atoms with Crippen molar-refractivity contribution in [3.8, 4) is 0 Å². The van der Waals surface area contributed by atoms with E-state index in [9.17, 15) is 4.79 Å². The van der Waals surface area contributed by atoms with Gasteiger partial charge in [0.25, 0.3) is 0 Å². The molecule has 0 radical (unpaired) electrons. The lowest BCUT2D eigenvalue weighted by Crippen LogP contribution is -2.29. The molecule has 1 atom stereocenters. The van der Waals surface area contributed by atoms with E-state index < -0.39 is 0 Å². The van der Waals surface area contributed by atoms with Crippen LogP contribution in [-0.2, 0) is 4.79 Å². The van der Waals surface area contributed by atoms with Crippen LogP contribution in [0, 0.1) is 0 Å². The molecule has 1 fully saturated rings. The Kier molecular flexibility index (Phi) is 2.62. The van der Waals surface area contributed by atoms with Crippen LogP contribution in [-0.4, -0.2) is 50.4 Å². The van der Waals surface area contributed by atoms with Crippen molar-refractivity contribution in [2.75, 3.05) is 19.0 Å². The van der Waals surface area contributed by atoms with Crippen LogP contribution in [0.25, 0.3) is 0 Å². The summed E-state index contributed by atoms with van der Waals surface area (Å²) in [6, 6.07) is 0. The van der Waals surface area contributed by atoms with Crippen LogP contribution in [0.5, 0.6) is 0 Å². The molecular formula is C7H10ClN5O. The Morgan fingerprint density at radius 3 is 3.21 bits per heavy atom. The van der Waals surface area contributed by atoms with E-state index in [1.54, 1.807) is 4.90 Å². The predicted octanol–water partition coefficient (Wildman–Crippen LogP) is -0.246. The molecule has 0 aliphatic carbocycles. The lowest BCUT2D eigenvalue weighted by Gasteiger charge is -2.13. The van der Waals surface area contributed by atoms with Gasteiger partial charge in [-0.1, -0.05) is 5.21 Å². The molecule has 1 unspecified atom stereocenters. The number of nitrogens with one attached hydrogen (secondary N) is 1. The number of aromatic nitrogens is 4. The van der Waals surface area contributed by atoms with E-state index >= 15 is 0 Å². The Hall–Kier alpha value is -1.17. The molecule has 1 saturated heterocycles. The molecule has 0 aromatic carbocycles. The number of hydrogen-bond donors (Lipinski definition) is 1. The van der Waals surface area contributed by atoms with Crippen molar-refractivity contribution in [2.24, 2.45) is 0 Å². The number of carbonyl (C=O) groups excluding carboxylic acids is 1. The molecule has 0 spiro atoms. The standard InChI is InChI=1S/C7H10ClN5O/c8-3-6(14)13-2-1-5(4-13)7-9-11-12-10-7/h5H,1-4H2,(H,9,10,11,12). The third kappa shape index (κ3) is 1.70. The minimum Gasteiger partial charge on any atom is -0.341 e. The van der Waals surface area contributed by atoms with Crippen molar-refractivity contribution in [1.29, 1.82) is 0 Å². The van der Waals surface area contributed by atoms with Crippen molar-refractivity contribution in [1.82, 2.24) is 25.5 Å². The highest BCUT2D eigenvalue weighted by Crippen LogP contribution is 2.23. The number of H-pyrrole nitrogens is 1. The fourth-order valence-electron chi connectivity index (χ4n) is 1.62. The Balaban J connectivity index is 1.98. The average molecular weight is 216 g/mol. The second kappa shape index (κ2) is 3.91. The molecule has 0 bridgehead atoms. The summed E-state index contributed by atoms with van der Waals surface area (Å²) >= 11 is 5.46. The predicted molar refractivity (Wildman–Crippen MR) is 48.8 cm³/mol. The topological polar surface area (TPSA) is 74.8 Å². The molecule has 1 aliphatic heterocycles. The molecule has 2 rings (SSSR count). The average Bonchev–Trinajstić information content (AvgIpc) is 2.86. The molecule has 1 amide bonds. The van der Waals surface area contributed by atoms with E-state index in [-0.39, 0.29) is 17.7 Å². The lowest BCUT2D eigenvalue weighted by molar-refractivity contribution is -0.127. The Bertz CT molecular complexity index is 314. The maximum Gasteiger partial charge on any atom is 0.237 e. The molecule has 2 heterocycles. The van der Waals surface area contributed by atoms with Crippen LogP contribution in [0.3, 0.4) is 0 Å². The lowest BCUT2D eigenvalue weighted by atomic mass is 10.1. The number of halogens is 1. The molecule has 7 heteroatoms. The fourth-order valence-corrected chi connectivity index (χ4v) is 1.79. The van der Waals surface area contributed by atoms with Gasteiger partial charge in [-0.3, -0.25) is 4.79 Å². The number of aromatic amines is 1. The minimum atomic E-state index is -0.0299. The molecule has 1 aromatic heterocycles. The van der Waals surface area contributed by atoms with Crippen molar-refractivity contribution >= 4 is 17.5 Å². The number of carbonyl (C=O) groups is 1. The van der Waals surface area contributed by atoms with Crippen molar-refractivity contribution < 1.29 is 4.79 Å². The van der Waals surface area contributed by atoms with Gasteiger partial charge in [0.15, 0.2) is 5.82 Å². The first kappa shape index (κ1) is 9.39. The Morgan fingerprint density at radius 1 is 1.71 bits per heavy atom. The highest BCUT2D eigenvalue weighted by Gasteiger charge is 2.29. The first-order valence-corrected chi connectivity index (χ1v) is 4.92. The van der Waals surface area contributed by atoms with Crippen LogP contribution in [0.15, 0.2) is 0 Å². The number of amides is 1. The monoisotopic (exact) mass is 215 g/mol. The van der Waals surface area contributed by atoms with E-state index in [0.29, 0.717) is 12.4 Å². The summed E-state index contributed by atoms with van der Waals surface area (Å²) in [5.41, 5.74) is 0. The smallest absolute Gasteiger partial charge is 0.237 e. The highest BCUT2D eigenvalue weighted by molar-refractivity contribution is 6.27. The van der Waals surface area contributed by atoms with E-state index in [2.05, 4.69) is 20.6 Å². The first-order chi connectivity index (χ1) is 6.81. The van der Waals surface area contributed by atoms with Gasteiger partial charge in [0.1, 0.15) is 5.88 Å². The van der Waals surface area contributed by atoms with Gasteiger partial charge >= 0.3 is 0 Å². The van der Waals surface area contributed by atoms with Gasteiger partial charge in [-0.2, -0.15) is 5.21 Å². The van der Waals surface area contributed by atoms with Gasteiger partial charge in [0, 0.05) is 19.0 Å². The Morgan fingerprint density at radius 2 is 2.57 bits per heavy atom. The van der Waals surface area contributed by atoms with Gasteiger partial charge in [-0.25, -0.2) is 0 Å². The van der Waals surface area contributed by atoms with Crippen LogP contribution >= 0.6 is 11.6 Å². The highest BCUT2D eigenvalue weighted by atomic mass is 35.5. The van der Waals surface area contributed by atoms with Crippen LogP contribution in [0.1, 0.15) is 18.2 Å². The van der Waals surface area contributed by atoms with Gasteiger partial charge < -0.3 is 4.90 Å². The first-order valence-electron chi connectivity index (χ1n) is 4.38. The number of alkyl halides is 1. The molecule has 6 nitrogen and oxygen atoms in total. The second-order valence-electron chi connectivity index (χ2n) is 3.23. The van der Waals surface area contributed by atoms with Gasteiger partial charge in [-0.05, 0) is 6.42 Å². The summed E-state index contributed by atoms with van der Waals surface area (Å²) in [5.74, 6) is 0.882. The molecule has 1 aromatic rings. The fraction of sp³-hybridized carbons (Fsp3) is 0.714. The quantitative estimate of drug-likeness (QED) is 0.691. The minimum absolute atomic E-state index is 0.0299. The SMILES string of the molecule is O=C(CCl)N1CCC(c2nn[nH]n2)C1. The van der Waals surface area contributed by atoms with Crippen molar-refractivity contribution in [3.63, 3.8) is 0 Å². The van der Waals surface area contributed by atoms with Crippen molar-refractivity contribution in [2.45, 2.75) is 12.3 Å². The zero-order valence-electron chi connectivity index (χ0n) is 7.48. The number of rotatable bonds is 2. The normalized spacial score (nSPS) is 21.5. The third-order valence-electron chi connectivity index (χ3n) is 2.38. The Labute approximate surface area is 85.6 Å². The van der Waals surface area contributed by atoms with Gasteiger partial charge in [0.05, 0.1) is 0 Å². The summed E-state index contributed by atoms with van der Waals surface area (Å²) in [6.45, 7) is 1.37. The molecule has 0 saturated carbocycles. The number of hydrogen-bond acceptors (Lipinski definition) is 4. The van der Waals surface area contributed by atoms with E-state index in [1.165, 1.54) is 0 Å². The summed E-state index contributed by atoms with van der Waals surface area (Å²) in [6.07, 6.45) is 0.877. The van der Waals surface area contributed by atoms with Crippen LogP contribution in [0.4, 0.5) is 0 Å². The molecule has 1 aliphatic rings.